The number of benzene rings is 3. The van der Waals surface area contributed by atoms with Crippen molar-refractivity contribution < 1.29 is 4.52 Å². The van der Waals surface area contributed by atoms with Crippen molar-refractivity contribution in [2.75, 3.05) is 5.32 Å². The van der Waals surface area contributed by atoms with Crippen molar-refractivity contribution in [1.82, 2.24) is 19.9 Å². The first-order valence-corrected chi connectivity index (χ1v) is 9.91. The van der Waals surface area contributed by atoms with E-state index in [1.54, 1.807) is 11.0 Å². The lowest BCUT2D eigenvalue weighted by Gasteiger charge is -2.09. The molecule has 0 aliphatic carbocycles. The zero-order valence-electron chi connectivity index (χ0n) is 15.3. The first-order chi connectivity index (χ1) is 14.3. The molecule has 0 bridgehead atoms. The molecule has 3 aromatic carbocycles. The lowest BCUT2D eigenvalue weighted by molar-refractivity contribution is 0.447. The normalized spacial score (nSPS) is 11.1. The van der Waals surface area contributed by atoms with Gasteiger partial charge in [0.2, 0.25) is 0 Å². The van der Waals surface area contributed by atoms with Crippen LogP contribution in [0.2, 0.25) is 0 Å². The van der Waals surface area contributed by atoms with Gasteiger partial charge in [0.25, 0.3) is 0 Å². The van der Waals surface area contributed by atoms with E-state index in [9.17, 15) is 0 Å². The Morgan fingerprint density at radius 1 is 0.966 bits per heavy atom. The minimum Gasteiger partial charge on any atom is -0.379 e. The summed E-state index contributed by atoms with van der Waals surface area (Å²) in [6, 6.07) is 23.8. The average Bonchev–Trinajstić information content (AvgIpc) is 3.40. The highest BCUT2D eigenvalue weighted by Gasteiger charge is 2.12. The van der Waals surface area contributed by atoms with Crippen LogP contribution in [-0.4, -0.2) is 19.9 Å². The molecule has 142 valence electrons. The van der Waals surface area contributed by atoms with Gasteiger partial charge in [0.1, 0.15) is 12.0 Å². The van der Waals surface area contributed by atoms with Crippen LogP contribution in [0.25, 0.3) is 28.0 Å². The molecule has 0 amide bonds. The third kappa shape index (κ3) is 3.52. The van der Waals surface area contributed by atoms with Gasteiger partial charge >= 0.3 is 0 Å². The molecule has 29 heavy (non-hydrogen) atoms. The van der Waals surface area contributed by atoms with E-state index >= 15 is 0 Å². The summed E-state index contributed by atoms with van der Waals surface area (Å²) >= 11 is 3.49. The summed E-state index contributed by atoms with van der Waals surface area (Å²) in [6.07, 6.45) is 1.72. The first-order valence-electron chi connectivity index (χ1n) is 9.12. The molecule has 7 heteroatoms. The Hall–Kier alpha value is -3.45. The van der Waals surface area contributed by atoms with E-state index in [2.05, 4.69) is 36.5 Å². The molecule has 0 unspecified atom stereocenters. The molecular weight excluding hydrogens is 430 g/mol. The topological polar surface area (TPSA) is 68.8 Å². The molecule has 5 rings (SSSR count). The molecule has 0 saturated heterocycles. The summed E-state index contributed by atoms with van der Waals surface area (Å²) < 4.78 is 8.15. The van der Waals surface area contributed by atoms with Crippen molar-refractivity contribution in [3.8, 4) is 17.1 Å². The fourth-order valence-electron chi connectivity index (χ4n) is 3.21. The van der Waals surface area contributed by atoms with Crippen molar-refractivity contribution in [1.29, 1.82) is 0 Å². The van der Waals surface area contributed by atoms with Crippen molar-refractivity contribution in [2.45, 2.75) is 6.54 Å². The highest BCUT2D eigenvalue weighted by Crippen LogP contribution is 2.27. The molecule has 0 aliphatic heterocycles. The average molecular weight is 446 g/mol. The van der Waals surface area contributed by atoms with E-state index in [1.807, 2.05) is 72.8 Å². The maximum Gasteiger partial charge on any atom is 0.183 e. The standard InChI is InChI=1S/C22H16BrN5O/c23-15-6-5-7-16(12-15)28-14-25-22(26-28)18-9-1-3-10-19(18)24-13-20-17-8-2-4-11-21(17)29-27-20/h1-12,14,24H,13H2. The van der Waals surface area contributed by atoms with Gasteiger partial charge in [-0.25, -0.2) is 9.67 Å². The van der Waals surface area contributed by atoms with Gasteiger partial charge < -0.3 is 9.84 Å². The number of halogens is 1. The van der Waals surface area contributed by atoms with E-state index in [-0.39, 0.29) is 0 Å². The molecule has 0 saturated carbocycles. The van der Waals surface area contributed by atoms with Gasteiger partial charge in [-0.1, -0.05) is 51.4 Å². The number of fused-ring (bicyclic) bond motifs is 1. The quantitative estimate of drug-likeness (QED) is 0.389. The number of rotatable bonds is 5. The van der Waals surface area contributed by atoms with Crippen LogP contribution in [0, 0.1) is 0 Å². The second-order valence-corrected chi connectivity index (χ2v) is 7.43. The molecule has 0 atom stereocenters. The van der Waals surface area contributed by atoms with Gasteiger partial charge in [-0.15, -0.1) is 5.10 Å². The fraction of sp³-hybridized carbons (Fsp3) is 0.0455. The number of nitrogens with zero attached hydrogens (tertiary/aromatic N) is 4. The van der Waals surface area contributed by atoms with Crippen LogP contribution >= 0.6 is 15.9 Å². The lowest BCUT2D eigenvalue weighted by Crippen LogP contribution is -2.02. The Labute approximate surface area is 175 Å². The molecule has 0 fully saturated rings. The monoisotopic (exact) mass is 445 g/mol. The molecule has 6 nitrogen and oxygen atoms in total. The summed E-state index contributed by atoms with van der Waals surface area (Å²) in [5.74, 6) is 0.651. The minimum absolute atomic E-state index is 0.542. The smallest absolute Gasteiger partial charge is 0.183 e. The van der Waals surface area contributed by atoms with E-state index < -0.39 is 0 Å². The maximum absolute atomic E-state index is 5.39. The Morgan fingerprint density at radius 2 is 1.83 bits per heavy atom. The van der Waals surface area contributed by atoms with Gasteiger partial charge in [-0.2, -0.15) is 0 Å². The zero-order valence-corrected chi connectivity index (χ0v) is 16.9. The maximum atomic E-state index is 5.39. The molecule has 2 heterocycles. The summed E-state index contributed by atoms with van der Waals surface area (Å²) in [5, 5.41) is 13.3. The van der Waals surface area contributed by atoms with Gasteiger partial charge in [-0.3, -0.25) is 0 Å². The highest BCUT2D eigenvalue weighted by atomic mass is 79.9. The van der Waals surface area contributed by atoms with E-state index in [4.69, 9.17) is 4.52 Å². The molecular formula is C22H16BrN5O. The predicted octanol–water partition coefficient (Wildman–Crippen LogP) is 5.45. The minimum atomic E-state index is 0.542. The second-order valence-electron chi connectivity index (χ2n) is 6.52. The number of aromatic nitrogens is 4. The molecule has 1 N–H and O–H groups in total. The number of hydrogen-bond acceptors (Lipinski definition) is 5. The third-order valence-electron chi connectivity index (χ3n) is 4.63. The van der Waals surface area contributed by atoms with Gasteiger partial charge in [-0.05, 0) is 42.5 Å². The van der Waals surface area contributed by atoms with Crippen LogP contribution in [0.1, 0.15) is 5.69 Å². The summed E-state index contributed by atoms with van der Waals surface area (Å²) in [5.41, 5.74) is 4.45. The Balaban J connectivity index is 1.43. The highest BCUT2D eigenvalue weighted by molar-refractivity contribution is 9.10. The SMILES string of the molecule is Brc1cccc(-n2cnc(-c3ccccc3NCc3noc4ccccc34)n2)c1. The van der Waals surface area contributed by atoms with E-state index in [0.29, 0.717) is 12.4 Å². The van der Waals surface area contributed by atoms with Gasteiger partial charge in [0.15, 0.2) is 11.4 Å². The number of anilines is 1. The fourth-order valence-corrected chi connectivity index (χ4v) is 3.59. The largest absolute Gasteiger partial charge is 0.379 e. The molecule has 0 aliphatic rings. The number of para-hydroxylation sites is 2. The molecule has 5 aromatic rings. The number of nitrogens with one attached hydrogen (secondary N) is 1. The Morgan fingerprint density at radius 3 is 2.76 bits per heavy atom. The van der Waals surface area contributed by atoms with Crippen LogP contribution in [0.4, 0.5) is 5.69 Å². The third-order valence-corrected chi connectivity index (χ3v) is 5.12. The summed E-state index contributed by atoms with van der Waals surface area (Å²) in [6.45, 7) is 0.542. The van der Waals surface area contributed by atoms with Crippen LogP contribution in [-0.2, 0) is 6.54 Å². The summed E-state index contributed by atoms with van der Waals surface area (Å²) in [7, 11) is 0. The molecule has 0 radical (unpaired) electrons. The Bertz CT molecular complexity index is 1290. The van der Waals surface area contributed by atoms with Crippen molar-refractivity contribution in [3.63, 3.8) is 0 Å². The Kier molecular flexibility index (Phi) is 4.57. The van der Waals surface area contributed by atoms with Gasteiger partial charge in [0, 0.05) is 21.1 Å². The van der Waals surface area contributed by atoms with Crippen LogP contribution in [0.15, 0.2) is 88.1 Å². The van der Waals surface area contributed by atoms with Crippen LogP contribution in [0.5, 0.6) is 0 Å². The zero-order chi connectivity index (χ0) is 19.6. The van der Waals surface area contributed by atoms with Crippen molar-refractivity contribution >= 4 is 32.6 Å². The van der Waals surface area contributed by atoms with E-state index in [1.165, 1.54) is 0 Å². The molecule has 0 spiro atoms. The lowest BCUT2D eigenvalue weighted by atomic mass is 10.1. The van der Waals surface area contributed by atoms with Crippen LogP contribution < -0.4 is 5.32 Å². The van der Waals surface area contributed by atoms with Crippen molar-refractivity contribution in [2.24, 2.45) is 0 Å². The first kappa shape index (κ1) is 17.6. The molecule has 2 aromatic heterocycles. The van der Waals surface area contributed by atoms with Gasteiger partial charge in [0.05, 0.1) is 12.2 Å². The predicted molar refractivity (Wildman–Crippen MR) is 116 cm³/mol. The van der Waals surface area contributed by atoms with Crippen molar-refractivity contribution in [3.05, 3.63) is 89.3 Å². The number of hydrogen-bond donors (Lipinski definition) is 1. The van der Waals surface area contributed by atoms with E-state index in [0.717, 1.165) is 38.1 Å². The van der Waals surface area contributed by atoms with Crippen LogP contribution in [0.3, 0.4) is 0 Å². The second kappa shape index (κ2) is 7.52. The summed E-state index contributed by atoms with van der Waals surface area (Å²) in [4.78, 5) is 4.51.